The van der Waals surface area contributed by atoms with Crippen LogP contribution in [0.15, 0.2) is 36.4 Å². The number of carbonyl (C=O) groups is 1. The molecule has 0 radical (unpaired) electrons. The van der Waals surface area contributed by atoms with Crippen molar-refractivity contribution in [1.29, 1.82) is 0 Å². The Morgan fingerprint density at radius 1 is 1.00 bits per heavy atom. The molecule has 52 heavy (non-hydrogen) atoms. The summed E-state index contributed by atoms with van der Waals surface area (Å²) in [7, 11) is -1.13. The zero-order valence-electron chi connectivity index (χ0n) is 31.0. The van der Waals surface area contributed by atoms with Gasteiger partial charge in [0.1, 0.15) is 5.75 Å². The summed E-state index contributed by atoms with van der Waals surface area (Å²) in [5.41, 5.74) is 3.81. The van der Waals surface area contributed by atoms with E-state index in [9.17, 15) is 9.00 Å². The fraction of sp³-hybridized carbons (Fsp3) is 0.659. The fourth-order valence-corrected chi connectivity index (χ4v) is 11.7. The number of aryl methyl sites for hydroxylation is 1. The van der Waals surface area contributed by atoms with Crippen LogP contribution in [0.1, 0.15) is 80.3 Å². The van der Waals surface area contributed by atoms with Gasteiger partial charge in [0, 0.05) is 60.5 Å². The molecule has 2 saturated heterocycles. The van der Waals surface area contributed by atoms with Crippen molar-refractivity contribution in [3.8, 4) is 5.75 Å². The average molecular weight is 754 g/mol. The van der Waals surface area contributed by atoms with Gasteiger partial charge in [-0.2, -0.15) is 0 Å². The van der Waals surface area contributed by atoms with Crippen molar-refractivity contribution in [3.05, 3.63) is 58.1 Å². The quantitative estimate of drug-likeness (QED) is 0.377. The molecule has 1 N–H and O–H groups in total. The van der Waals surface area contributed by atoms with Crippen LogP contribution in [0, 0.1) is 23.7 Å². The van der Waals surface area contributed by atoms with Gasteiger partial charge in [-0.1, -0.05) is 31.0 Å². The Balaban J connectivity index is 1.12. The molecule has 284 valence electrons. The number of amides is 1. The number of ether oxygens (including phenoxy) is 4. The maximum Gasteiger partial charge on any atom is 0.262 e. The highest BCUT2D eigenvalue weighted by Crippen LogP contribution is 2.49. The van der Waals surface area contributed by atoms with Gasteiger partial charge in [0.05, 0.1) is 47.4 Å². The molecule has 8 rings (SSSR count). The second-order valence-corrected chi connectivity index (χ2v) is 19.6. The number of benzene rings is 2. The van der Waals surface area contributed by atoms with Crippen LogP contribution in [0.3, 0.4) is 0 Å². The predicted molar refractivity (Wildman–Crippen MR) is 207 cm³/mol. The van der Waals surface area contributed by atoms with Gasteiger partial charge in [0.25, 0.3) is 5.91 Å². The summed E-state index contributed by atoms with van der Waals surface area (Å²) in [6.45, 7) is 9.51. The number of nitrogens with one attached hydrogen (secondary N) is 1. The maximum absolute atomic E-state index is 14.0. The summed E-state index contributed by atoms with van der Waals surface area (Å²) >= 11 is 6.51. The first-order valence-electron chi connectivity index (χ1n) is 19.5. The molecule has 1 spiro atoms. The third-order valence-corrected chi connectivity index (χ3v) is 16.1. The van der Waals surface area contributed by atoms with E-state index in [-0.39, 0.29) is 40.7 Å². The lowest BCUT2D eigenvalue weighted by Gasteiger charge is -2.50. The summed E-state index contributed by atoms with van der Waals surface area (Å²) in [6, 6.07) is 12.3. The third-order valence-electron chi connectivity index (χ3n) is 13.6. The molecule has 1 amide bonds. The standard InChI is InChI=1S/C41H56ClN3O6S/c1-26-7-5-9-35(40-49-22-32(23-50-40)44-20-33(21-44)48-3)34-13-10-30(34)19-45-24-41(16-6-8-28-17-31(42)12-14-36(28)41)25-51-38-15-11-29(18-37(38)45)39(46)43-52(4,47)27(26)2/h11-12,14-15,17-18,26-27,30,32-35,40H,4-10,13,16,19-25H2,1-3H3,(H,43,46,47)/t26-,27+,30-,32?,34+,35+,40?,41-,52?/m0/s1. The number of likely N-dealkylation sites (tertiary alicyclic amines) is 1. The molecule has 4 heterocycles. The van der Waals surface area contributed by atoms with Crippen LogP contribution < -0.4 is 14.4 Å². The SMILES string of the molecule is C=S1(=O)NC(=O)c2ccc3c(c2)N(C[C@@H]2CC[C@H]2[C@H](C2OCC(N4CC(OC)C4)CO2)CCC[C@H](C)[C@H]1C)C[C@@]1(CCCc2cc(Cl)ccc21)CO3. The monoisotopic (exact) mass is 753 g/mol. The molecule has 2 bridgehead atoms. The number of hydrogen-bond acceptors (Lipinski definition) is 8. The Hall–Kier alpha value is -2.34. The Bertz CT molecular complexity index is 1740. The molecule has 0 aromatic heterocycles. The van der Waals surface area contributed by atoms with Crippen molar-refractivity contribution in [2.75, 3.05) is 58.0 Å². The van der Waals surface area contributed by atoms with E-state index in [0.717, 1.165) is 94.0 Å². The summed E-state index contributed by atoms with van der Waals surface area (Å²) in [5.74, 6) is 5.79. The van der Waals surface area contributed by atoms with Crippen LogP contribution in [-0.2, 0) is 35.8 Å². The molecule has 2 aliphatic carbocycles. The second-order valence-electron chi connectivity index (χ2n) is 16.7. The van der Waals surface area contributed by atoms with Gasteiger partial charge in [-0.25, -0.2) is 4.21 Å². The largest absolute Gasteiger partial charge is 0.490 e. The molecule has 4 aliphatic heterocycles. The van der Waals surface area contributed by atoms with Gasteiger partial charge < -0.3 is 23.8 Å². The lowest BCUT2D eigenvalue weighted by Crippen LogP contribution is -2.61. The van der Waals surface area contributed by atoms with Gasteiger partial charge in [-0.3, -0.25) is 14.4 Å². The normalized spacial score (nSPS) is 37.4. The Kier molecular flexibility index (Phi) is 10.4. The number of carbonyl (C=O) groups excluding carboxylic acids is 1. The molecule has 3 fully saturated rings. The van der Waals surface area contributed by atoms with Crippen LogP contribution in [0.5, 0.6) is 5.75 Å². The van der Waals surface area contributed by atoms with Crippen LogP contribution >= 0.6 is 11.6 Å². The summed E-state index contributed by atoms with van der Waals surface area (Å²) < 4.78 is 42.4. The highest BCUT2D eigenvalue weighted by molar-refractivity contribution is 7.99. The number of nitrogens with zero attached hydrogens (tertiary/aromatic N) is 2. The van der Waals surface area contributed by atoms with Crippen molar-refractivity contribution in [2.45, 2.75) is 94.3 Å². The number of methoxy groups -OCH3 is 1. The van der Waals surface area contributed by atoms with E-state index < -0.39 is 9.71 Å². The maximum atomic E-state index is 14.0. The van der Waals surface area contributed by atoms with E-state index >= 15 is 0 Å². The zero-order chi connectivity index (χ0) is 36.2. The minimum atomic E-state index is -2.91. The second kappa shape index (κ2) is 14.7. The van der Waals surface area contributed by atoms with E-state index in [0.29, 0.717) is 43.3 Å². The number of rotatable bonds is 3. The van der Waals surface area contributed by atoms with E-state index in [4.69, 9.17) is 30.5 Å². The molecule has 1 saturated carbocycles. The molecular weight excluding hydrogens is 698 g/mol. The first-order valence-corrected chi connectivity index (χ1v) is 21.7. The smallest absolute Gasteiger partial charge is 0.262 e. The highest BCUT2D eigenvalue weighted by Gasteiger charge is 2.47. The lowest BCUT2D eigenvalue weighted by atomic mass is 9.64. The number of anilines is 1. The van der Waals surface area contributed by atoms with E-state index in [2.05, 4.69) is 39.4 Å². The van der Waals surface area contributed by atoms with E-state index in [1.54, 1.807) is 13.2 Å². The van der Waals surface area contributed by atoms with Crippen LogP contribution in [0.4, 0.5) is 5.69 Å². The van der Waals surface area contributed by atoms with Crippen molar-refractivity contribution in [3.63, 3.8) is 0 Å². The summed E-state index contributed by atoms with van der Waals surface area (Å²) in [5, 5.41) is 0.487. The number of hydrogen-bond donors (Lipinski definition) is 1. The topological polar surface area (TPSA) is 89.6 Å². The molecular formula is C41H56ClN3O6S. The van der Waals surface area contributed by atoms with Crippen molar-refractivity contribution in [2.24, 2.45) is 23.7 Å². The van der Waals surface area contributed by atoms with Gasteiger partial charge >= 0.3 is 0 Å². The first kappa shape index (κ1) is 36.6. The molecule has 1 unspecified atom stereocenters. The lowest BCUT2D eigenvalue weighted by molar-refractivity contribution is -0.251. The first-order chi connectivity index (χ1) is 25.0. The highest BCUT2D eigenvalue weighted by atomic mass is 35.5. The van der Waals surface area contributed by atoms with Crippen molar-refractivity contribution >= 4 is 38.8 Å². The van der Waals surface area contributed by atoms with Gasteiger partial charge in [0.15, 0.2) is 6.29 Å². The Labute approximate surface area is 315 Å². The molecule has 7 atom stereocenters. The summed E-state index contributed by atoms with van der Waals surface area (Å²) in [6.07, 6.45) is 8.30. The van der Waals surface area contributed by atoms with Crippen molar-refractivity contribution < 1.29 is 28.0 Å². The summed E-state index contributed by atoms with van der Waals surface area (Å²) in [4.78, 5) is 18.7. The molecule has 6 aliphatic rings. The molecule has 9 nitrogen and oxygen atoms in total. The Morgan fingerprint density at radius 2 is 1.81 bits per heavy atom. The Morgan fingerprint density at radius 3 is 2.56 bits per heavy atom. The zero-order valence-corrected chi connectivity index (χ0v) is 32.6. The molecule has 11 heteroatoms. The van der Waals surface area contributed by atoms with E-state index in [1.807, 2.05) is 25.1 Å². The van der Waals surface area contributed by atoms with Crippen LogP contribution in [-0.4, -0.2) is 97.7 Å². The van der Waals surface area contributed by atoms with Crippen LogP contribution in [0.25, 0.3) is 0 Å². The number of halogens is 1. The predicted octanol–water partition coefficient (Wildman–Crippen LogP) is 6.10. The number of fused-ring (bicyclic) bond motifs is 4. The van der Waals surface area contributed by atoms with Crippen molar-refractivity contribution in [1.82, 2.24) is 9.62 Å². The van der Waals surface area contributed by atoms with E-state index in [1.165, 1.54) is 11.1 Å². The average Bonchev–Trinajstić information content (AvgIpc) is 3.25. The minimum absolute atomic E-state index is 0.120. The van der Waals surface area contributed by atoms with Gasteiger partial charge in [-0.15, -0.1) is 0 Å². The minimum Gasteiger partial charge on any atom is -0.490 e. The fourth-order valence-electron chi connectivity index (χ4n) is 9.95. The third kappa shape index (κ3) is 7.01. The van der Waals surface area contributed by atoms with Gasteiger partial charge in [0.2, 0.25) is 0 Å². The van der Waals surface area contributed by atoms with Crippen LogP contribution in [0.2, 0.25) is 5.02 Å². The molecule has 2 aromatic carbocycles. The molecule has 2 aromatic rings. The van der Waals surface area contributed by atoms with Gasteiger partial charge in [-0.05, 0) is 117 Å².